The highest BCUT2D eigenvalue weighted by Crippen LogP contribution is 2.26. The molecule has 0 bridgehead atoms. The molecule has 0 radical (unpaired) electrons. The molecule has 9 heteroatoms. The van der Waals surface area contributed by atoms with Gasteiger partial charge in [0.15, 0.2) is 0 Å². The fourth-order valence-electron chi connectivity index (χ4n) is 2.67. The number of hydrogen-bond acceptors (Lipinski definition) is 6. The van der Waals surface area contributed by atoms with Gasteiger partial charge in [-0.25, -0.2) is 0 Å². The minimum absolute atomic E-state index is 0.0391. The Morgan fingerprint density at radius 1 is 1.21 bits per heavy atom. The Balaban J connectivity index is 1.59. The molecule has 0 aliphatic rings. The first-order chi connectivity index (χ1) is 14.0. The number of aryl methyl sites for hydroxylation is 2. The largest absolute Gasteiger partial charge is 0.435 e. The van der Waals surface area contributed by atoms with Gasteiger partial charge in [0.1, 0.15) is 5.75 Å². The zero-order valence-corrected chi connectivity index (χ0v) is 16.6. The summed E-state index contributed by atoms with van der Waals surface area (Å²) in [4.78, 5) is 12.3. The first-order valence-electron chi connectivity index (χ1n) is 8.86. The molecular formula is C20H19F2N3O3S. The van der Waals surface area contributed by atoms with E-state index < -0.39 is 6.61 Å². The molecule has 1 aromatic heterocycles. The Kier molecular flexibility index (Phi) is 6.82. The Hall–Kier alpha value is -2.94. The number of nitrogens with one attached hydrogen (secondary N) is 1. The van der Waals surface area contributed by atoms with Crippen molar-refractivity contribution in [3.8, 4) is 17.2 Å². The highest BCUT2D eigenvalue weighted by molar-refractivity contribution is 7.99. The van der Waals surface area contributed by atoms with Gasteiger partial charge in [0.2, 0.25) is 11.8 Å². The maximum absolute atomic E-state index is 12.3. The lowest BCUT2D eigenvalue weighted by atomic mass is 10.1. The molecule has 1 heterocycles. The van der Waals surface area contributed by atoms with Gasteiger partial charge in [-0.1, -0.05) is 36.9 Å². The third kappa shape index (κ3) is 5.54. The van der Waals surface area contributed by atoms with Gasteiger partial charge in [0.05, 0.1) is 5.75 Å². The zero-order chi connectivity index (χ0) is 20.8. The van der Waals surface area contributed by atoms with Crippen molar-refractivity contribution in [3.05, 3.63) is 53.6 Å². The van der Waals surface area contributed by atoms with E-state index in [1.165, 1.54) is 24.3 Å². The molecule has 0 unspecified atom stereocenters. The highest BCUT2D eigenvalue weighted by Gasteiger charge is 2.14. The maximum atomic E-state index is 12.3. The summed E-state index contributed by atoms with van der Waals surface area (Å²) >= 11 is 1.12. The average molecular weight is 419 g/mol. The van der Waals surface area contributed by atoms with E-state index in [9.17, 15) is 13.6 Å². The van der Waals surface area contributed by atoms with E-state index in [0.29, 0.717) is 5.56 Å². The van der Waals surface area contributed by atoms with Crippen LogP contribution < -0.4 is 10.1 Å². The van der Waals surface area contributed by atoms with Crippen molar-refractivity contribution in [2.75, 3.05) is 11.1 Å². The normalized spacial score (nSPS) is 10.9. The van der Waals surface area contributed by atoms with Crippen LogP contribution in [0.1, 0.15) is 18.1 Å². The summed E-state index contributed by atoms with van der Waals surface area (Å²) in [6.07, 6.45) is 0.818. The van der Waals surface area contributed by atoms with Crippen LogP contribution in [0.3, 0.4) is 0 Å². The summed E-state index contributed by atoms with van der Waals surface area (Å²) in [6, 6.07) is 11.7. The number of halogens is 2. The lowest BCUT2D eigenvalue weighted by molar-refractivity contribution is -0.113. The molecule has 1 amide bonds. The van der Waals surface area contributed by atoms with Gasteiger partial charge in [0.25, 0.3) is 5.22 Å². The van der Waals surface area contributed by atoms with E-state index in [1.807, 2.05) is 32.0 Å². The summed E-state index contributed by atoms with van der Waals surface area (Å²) in [5.41, 5.74) is 3.46. The second-order valence-electron chi connectivity index (χ2n) is 6.08. The highest BCUT2D eigenvalue weighted by atomic mass is 32.2. The summed E-state index contributed by atoms with van der Waals surface area (Å²) in [5, 5.41) is 11.0. The van der Waals surface area contributed by atoms with Crippen LogP contribution in [0.4, 0.5) is 14.5 Å². The van der Waals surface area contributed by atoms with E-state index in [1.54, 1.807) is 0 Å². The molecule has 3 aromatic rings. The van der Waals surface area contributed by atoms with Crippen LogP contribution in [0, 0.1) is 6.92 Å². The quantitative estimate of drug-likeness (QED) is 0.521. The molecule has 3 rings (SSSR count). The molecule has 2 aromatic carbocycles. The van der Waals surface area contributed by atoms with Crippen LogP contribution in [-0.2, 0) is 11.2 Å². The number of ether oxygens (including phenoxy) is 1. The summed E-state index contributed by atoms with van der Waals surface area (Å²) in [5.74, 6) is 0.202. The number of carbonyl (C=O) groups excluding carboxylic acids is 1. The van der Waals surface area contributed by atoms with E-state index in [0.717, 1.165) is 35.0 Å². The lowest BCUT2D eigenvalue weighted by Crippen LogP contribution is -2.16. The van der Waals surface area contributed by atoms with Crippen LogP contribution in [-0.4, -0.2) is 28.5 Å². The van der Waals surface area contributed by atoms with Crippen molar-refractivity contribution in [2.24, 2.45) is 0 Å². The van der Waals surface area contributed by atoms with Crippen molar-refractivity contribution in [1.29, 1.82) is 0 Å². The number of alkyl halides is 2. The van der Waals surface area contributed by atoms with Gasteiger partial charge >= 0.3 is 6.61 Å². The molecule has 0 spiro atoms. The fraction of sp³-hybridized carbons (Fsp3) is 0.250. The van der Waals surface area contributed by atoms with E-state index in [2.05, 4.69) is 20.3 Å². The Morgan fingerprint density at radius 2 is 1.97 bits per heavy atom. The minimum Gasteiger partial charge on any atom is -0.435 e. The van der Waals surface area contributed by atoms with Crippen molar-refractivity contribution in [3.63, 3.8) is 0 Å². The van der Waals surface area contributed by atoms with Gasteiger partial charge in [-0.15, -0.1) is 10.2 Å². The number of amides is 1. The molecule has 0 atom stereocenters. The van der Waals surface area contributed by atoms with E-state index >= 15 is 0 Å². The average Bonchev–Trinajstić information content (AvgIpc) is 3.17. The van der Waals surface area contributed by atoms with E-state index in [4.69, 9.17) is 4.42 Å². The van der Waals surface area contributed by atoms with Gasteiger partial charge in [-0.05, 0) is 48.7 Å². The van der Waals surface area contributed by atoms with Crippen molar-refractivity contribution in [2.45, 2.75) is 32.1 Å². The maximum Gasteiger partial charge on any atom is 0.387 e. The number of aromatic nitrogens is 2. The molecule has 29 heavy (non-hydrogen) atoms. The number of carbonyl (C=O) groups is 1. The number of anilines is 1. The molecule has 6 nitrogen and oxygen atoms in total. The molecule has 0 saturated heterocycles. The van der Waals surface area contributed by atoms with Crippen LogP contribution in [0.15, 0.2) is 52.1 Å². The number of rotatable bonds is 8. The first-order valence-corrected chi connectivity index (χ1v) is 9.84. The number of benzene rings is 2. The smallest absolute Gasteiger partial charge is 0.387 e. The Labute approximate surface area is 170 Å². The van der Waals surface area contributed by atoms with Crippen LogP contribution in [0.5, 0.6) is 5.75 Å². The third-order valence-corrected chi connectivity index (χ3v) is 4.88. The van der Waals surface area contributed by atoms with Crippen molar-refractivity contribution < 1.29 is 22.7 Å². The van der Waals surface area contributed by atoms with Crippen molar-refractivity contribution >= 4 is 23.4 Å². The summed E-state index contributed by atoms with van der Waals surface area (Å²) < 4.78 is 34.2. The molecular weight excluding hydrogens is 400 g/mol. The van der Waals surface area contributed by atoms with E-state index in [-0.39, 0.29) is 28.5 Å². The number of thioether (sulfide) groups is 1. The second-order valence-corrected chi connectivity index (χ2v) is 7.00. The molecule has 1 N–H and O–H groups in total. The van der Waals surface area contributed by atoms with Crippen LogP contribution in [0.25, 0.3) is 11.5 Å². The van der Waals surface area contributed by atoms with Gasteiger partial charge < -0.3 is 14.5 Å². The minimum atomic E-state index is -2.88. The van der Waals surface area contributed by atoms with Gasteiger partial charge in [0, 0.05) is 11.3 Å². The summed E-state index contributed by atoms with van der Waals surface area (Å²) in [7, 11) is 0. The zero-order valence-electron chi connectivity index (χ0n) is 15.8. The Morgan fingerprint density at radius 3 is 2.66 bits per heavy atom. The predicted molar refractivity (Wildman–Crippen MR) is 106 cm³/mol. The topological polar surface area (TPSA) is 77.2 Å². The van der Waals surface area contributed by atoms with Crippen LogP contribution >= 0.6 is 11.8 Å². The molecule has 0 fully saturated rings. The summed E-state index contributed by atoms with van der Waals surface area (Å²) in [6.45, 7) is 1.10. The van der Waals surface area contributed by atoms with Crippen LogP contribution in [0.2, 0.25) is 0 Å². The molecule has 152 valence electrons. The first kappa shape index (κ1) is 20.8. The van der Waals surface area contributed by atoms with Gasteiger partial charge in [-0.2, -0.15) is 8.78 Å². The SMILES string of the molecule is CCc1cccc(C)c1NC(=O)CSc1nnc(-c2ccc(OC(F)F)cc2)o1. The standard InChI is InChI=1S/C20H19F2N3O3S/c1-3-13-6-4-5-12(2)17(13)23-16(26)11-29-20-25-24-18(28-20)14-7-9-15(10-8-14)27-19(21)22/h4-10,19H,3,11H2,1-2H3,(H,23,26). The fourth-order valence-corrected chi connectivity index (χ4v) is 3.23. The molecule has 0 aliphatic heterocycles. The third-order valence-electron chi connectivity index (χ3n) is 4.06. The van der Waals surface area contributed by atoms with Crippen molar-refractivity contribution in [1.82, 2.24) is 10.2 Å². The Bertz CT molecular complexity index is 977. The molecule has 0 saturated carbocycles. The predicted octanol–water partition coefficient (Wildman–Crippen LogP) is 4.94. The monoisotopic (exact) mass is 419 g/mol. The number of nitrogens with zero attached hydrogens (tertiary/aromatic N) is 2. The number of hydrogen-bond donors (Lipinski definition) is 1. The lowest BCUT2D eigenvalue weighted by Gasteiger charge is -2.12. The second kappa shape index (κ2) is 9.51. The van der Waals surface area contributed by atoms with Gasteiger partial charge in [-0.3, -0.25) is 4.79 Å². The molecule has 0 aliphatic carbocycles. The number of para-hydroxylation sites is 1.